The Balaban J connectivity index is 0.000000173. The summed E-state index contributed by atoms with van der Waals surface area (Å²) in [7, 11) is -0.782. The number of ether oxygens (including phenoxy) is 2. The number of nitrogens with zero attached hydrogens (tertiary/aromatic N) is 2. The molecule has 0 saturated carbocycles. The zero-order valence-electron chi connectivity index (χ0n) is 56.8. The SMILES string of the molecule is Brc1ccc(-n2c3ccc(Br)cc3c3cc(Br)ccc32)cc1.CCC1(COc2ccc(Br)cc2)COC1.CCCCCCCCc1ccc(N(c2ccc(B3OC(C)(C)C(C)(C)O3)cc2)c2ccc(B3OC(C)(C)C(C)(C)O3)cc2)cc1.Cc1cc(C)c(C)c(Br)c1C. The lowest BCUT2D eigenvalue weighted by molar-refractivity contribution is -0.133. The predicted molar refractivity (Wildman–Crippen MR) is 410 cm³/mol. The maximum absolute atomic E-state index is 6.32. The molecule has 8 nitrogen and oxygen atoms in total. The van der Waals surface area contributed by atoms with Gasteiger partial charge in [-0.05, 0) is 262 Å². The molecular weight excluding hydrogens is 1480 g/mol. The molecule has 3 fully saturated rings. The zero-order chi connectivity index (χ0) is 67.0. The summed E-state index contributed by atoms with van der Waals surface area (Å²) in [5.41, 5.74) is 14.4. The van der Waals surface area contributed by atoms with Crippen molar-refractivity contribution in [3.63, 3.8) is 0 Å². The molecule has 4 heterocycles. The van der Waals surface area contributed by atoms with Crippen molar-refractivity contribution in [3.05, 3.63) is 214 Å². The molecule has 0 atom stereocenters. The van der Waals surface area contributed by atoms with Crippen LogP contribution in [0.2, 0.25) is 0 Å². The van der Waals surface area contributed by atoms with Gasteiger partial charge in [0.15, 0.2) is 0 Å². The van der Waals surface area contributed by atoms with E-state index < -0.39 is 14.2 Å². The second-order valence-electron chi connectivity index (χ2n) is 27.2. The van der Waals surface area contributed by atoms with Crippen LogP contribution in [0.3, 0.4) is 0 Å². The fraction of sp³-hybridized carbons (Fsp3) is 0.385. The number of rotatable bonds is 17. The van der Waals surface area contributed by atoms with Crippen LogP contribution in [0.1, 0.15) is 142 Å². The summed E-state index contributed by atoms with van der Waals surface area (Å²) in [6.45, 7) is 32.2. The lowest BCUT2D eigenvalue weighted by atomic mass is 9.79. The van der Waals surface area contributed by atoms with Crippen molar-refractivity contribution < 1.29 is 28.1 Å². The third kappa shape index (κ3) is 17.6. The van der Waals surface area contributed by atoms with E-state index in [9.17, 15) is 0 Å². The van der Waals surface area contributed by atoms with Crippen LogP contribution in [-0.4, -0.2) is 61.0 Å². The van der Waals surface area contributed by atoms with Crippen LogP contribution >= 0.6 is 79.6 Å². The van der Waals surface area contributed by atoms with Crippen LogP contribution in [0.25, 0.3) is 27.5 Å². The molecule has 0 radical (unpaired) electrons. The van der Waals surface area contributed by atoms with E-state index in [1.807, 2.05) is 24.3 Å². The second-order valence-corrected chi connectivity index (χ2v) is 31.6. The summed E-state index contributed by atoms with van der Waals surface area (Å²) in [4.78, 5) is 2.30. The van der Waals surface area contributed by atoms with Gasteiger partial charge in [0.05, 0.1) is 58.7 Å². The highest BCUT2D eigenvalue weighted by Gasteiger charge is 2.53. The number of anilines is 3. The van der Waals surface area contributed by atoms with Crippen molar-refractivity contribution >= 4 is 144 Å². The molecule has 8 aromatic carbocycles. The fourth-order valence-corrected chi connectivity index (χ4v) is 13.3. The number of fused-ring (bicyclic) bond motifs is 3. The van der Waals surface area contributed by atoms with Crippen LogP contribution in [0.15, 0.2) is 186 Å². The Labute approximate surface area is 597 Å². The molecular formula is C78H91B2Br5N2O6. The Bertz CT molecular complexity index is 3740. The van der Waals surface area contributed by atoms with E-state index in [0.29, 0.717) is 0 Å². The van der Waals surface area contributed by atoms with Crippen molar-refractivity contribution in [2.75, 3.05) is 24.7 Å². The molecule has 0 bridgehead atoms. The lowest BCUT2D eigenvalue weighted by Crippen LogP contribution is -2.46. The predicted octanol–water partition coefficient (Wildman–Crippen LogP) is 22.7. The van der Waals surface area contributed by atoms with E-state index in [4.69, 9.17) is 28.1 Å². The van der Waals surface area contributed by atoms with E-state index >= 15 is 0 Å². The van der Waals surface area contributed by atoms with Gasteiger partial charge in [0.2, 0.25) is 0 Å². The van der Waals surface area contributed by atoms with Crippen molar-refractivity contribution in [1.82, 2.24) is 4.57 Å². The third-order valence-electron chi connectivity index (χ3n) is 19.3. The van der Waals surface area contributed by atoms with Gasteiger partial charge >= 0.3 is 14.2 Å². The van der Waals surface area contributed by atoms with E-state index in [-0.39, 0.29) is 27.8 Å². The maximum atomic E-state index is 6.32. The molecule has 0 spiro atoms. The van der Waals surface area contributed by atoms with Crippen LogP contribution in [0.5, 0.6) is 5.75 Å². The van der Waals surface area contributed by atoms with Crippen LogP contribution < -0.4 is 20.6 Å². The molecule has 15 heteroatoms. The minimum Gasteiger partial charge on any atom is -0.493 e. The average molecular weight is 1570 g/mol. The van der Waals surface area contributed by atoms with Gasteiger partial charge in [-0.2, -0.15) is 0 Å². The largest absolute Gasteiger partial charge is 0.494 e. The molecule has 3 aliphatic heterocycles. The first-order chi connectivity index (χ1) is 44.1. The van der Waals surface area contributed by atoms with Gasteiger partial charge in [-0.15, -0.1) is 0 Å². The number of hydrogen-bond acceptors (Lipinski definition) is 7. The Morgan fingerprint density at radius 1 is 0.462 bits per heavy atom. The second kappa shape index (κ2) is 31.3. The van der Waals surface area contributed by atoms with Gasteiger partial charge in [0.25, 0.3) is 0 Å². The topological polar surface area (TPSA) is 63.6 Å². The molecule has 3 saturated heterocycles. The average Bonchev–Trinajstić information content (AvgIpc) is 1.62. The van der Waals surface area contributed by atoms with E-state index in [0.717, 1.165) is 90.0 Å². The molecule has 3 aliphatic rings. The number of hydrogen-bond donors (Lipinski definition) is 0. The molecule has 93 heavy (non-hydrogen) atoms. The number of aryl methyl sites for hydroxylation is 3. The Kier molecular flexibility index (Phi) is 24.5. The van der Waals surface area contributed by atoms with E-state index in [1.54, 1.807) is 0 Å². The Morgan fingerprint density at radius 2 is 0.860 bits per heavy atom. The van der Waals surface area contributed by atoms with Gasteiger partial charge in [0, 0.05) is 55.9 Å². The molecule has 9 aromatic rings. The quantitative estimate of drug-likeness (QED) is 0.0665. The zero-order valence-corrected chi connectivity index (χ0v) is 64.7. The minimum atomic E-state index is -0.391. The van der Waals surface area contributed by atoms with Crippen molar-refractivity contribution in [2.24, 2.45) is 5.41 Å². The molecule has 1 aromatic heterocycles. The van der Waals surface area contributed by atoms with E-state index in [2.05, 4.69) is 326 Å². The summed E-state index contributed by atoms with van der Waals surface area (Å²) < 4.78 is 44.2. The molecule has 490 valence electrons. The van der Waals surface area contributed by atoms with Gasteiger partial charge in [-0.3, -0.25) is 0 Å². The molecule has 12 rings (SSSR count). The summed E-state index contributed by atoms with van der Waals surface area (Å²) in [6, 6.07) is 57.6. The fourth-order valence-electron chi connectivity index (χ4n) is 11.4. The standard InChI is InChI=1S/C38H53B2NO4.C18H10Br3N.C12H15BrO2.C10H13Br/c1-10-11-12-13-14-15-16-29-17-23-32(24-18-29)41(33-25-19-30(20-26-33)39-42-35(2,3)36(4,5)43-39)34-27-21-31(22-28-34)40-44-37(6,7)38(8,9)45-40;19-11-1-5-14(6-2-11)22-17-7-3-12(20)9-15(17)16-10-13(21)4-8-18(16)22;1-2-12(7-14-8-12)9-15-11-5-3-10(13)4-6-11;1-6-5-7(2)9(4)10(11)8(6)3/h17-28H,10-16H2,1-9H3;1-10H;3-6H,2,7-9H2,1H3;5H,1-4H3. The lowest BCUT2D eigenvalue weighted by Gasteiger charge is -2.40. The monoisotopic (exact) mass is 1570 g/mol. The molecule has 0 unspecified atom stereocenters. The summed E-state index contributed by atoms with van der Waals surface area (Å²) in [5.74, 6) is 0.929. The highest BCUT2D eigenvalue weighted by atomic mass is 79.9. The maximum Gasteiger partial charge on any atom is 0.494 e. The highest BCUT2D eigenvalue weighted by Crippen LogP contribution is 2.41. The van der Waals surface area contributed by atoms with Crippen molar-refractivity contribution in [1.29, 1.82) is 0 Å². The Hall–Kier alpha value is -4.51. The number of aromatic nitrogens is 1. The van der Waals surface area contributed by atoms with Crippen LogP contribution in [0.4, 0.5) is 17.1 Å². The highest BCUT2D eigenvalue weighted by molar-refractivity contribution is 9.11. The van der Waals surface area contributed by atoms with Gasteiger partial charge < -0.3 is 37.6 Å². The molecule has 0 amide bonds. The Morgan fingerprint density at radius 3 is 1.27 bits per heavy atom. The first-order valence-electron chi connectivity index (χ1n) is 32.8. The number of benzene rings is 8. The van der Waals surface area contributed by atoms with Gasteiger partial charge in [-0.25, -0.2) is 0 Å². The smallest absolute Gasteiger partial charge is 0.493 e. The summed E-state index contributed by atoms with van der Waals surface area (Å²) >= 11 is 17.7. The van der Waals surface area contributed by atoms with Gasteiger partial charge in [0.1, 0.15) is 5.75 Å². The first-order valence-corrected chi connectivity index (χ1v) is 36.8. The summed E-state index contributed by atoms with van der Waals surface area (Å²) in [5, 5.41) is 2.49. The molecule has 0 aliphatic carbocycles. The summed E-state index contributed by atoms with van der Waals surface area (Å²) in [6.07, 6.45) is 10.1. The number of halogens is 5. The molecule has 0 N–H and O–H groups in total. The van der Waals surface area contributed by atoms with E-state index in [1.165, 1.54) is 92.6 Å². The van der Waals surface area contributed by atoms with Crippen molar-refractivity contribution in [3.8, 4) is 11.4 Å². The number of unbranched alkanes of at least 4 members (excludes halogenated alkanes) is 5. The van der Waals surface area contributed by atoms with Crippen LogP contribution in [0, 0.1) is 33.1 Å². The first kappa shape index (κ1) is 72.8. The normalized spacial score (nSPS) is 16.4. The van der Waals surface area contributed by atoms with Crippen molar-refractivity contribution in [2.45, 2.75) is 171 Å². The van der Waals surface area contributed by atoms with Gasteiger partial charge in [-0.1, -0.05) is 168 Å². The third-order valence-corrected chi connectivity index (χ3v) is 22.6. The van der Waals surface area contributed by atoms with Crippen LogP contribution in [-0.2, 0) is 29.8 Å². The minimum absolute atomic E-state index is 0.257.